The van der Waals surface area contributed by atoms with Gasteiger partial charge in [-0.05, 0) is 18.4 Å². The fraction of sp³-hybridized carbons (Fsp3) is 0.538. The number of hydrogen-bond donors (Lipinski definition) is 0. The molecule has 4 rings (SSSR count). The second-order valence-corrected chi connectivity index (χ2v) is 11.3. The minimum Gasteiger partial charge on any atom is -0.379 e. The van der Waals surface area contributed by atoms with Crippen molar-refractivity contribution in [2.24, 2.45) is 5.92 Å². The molecular formula is C26H36N4O4S. The van der Waals surface area contributed by atoms with Crippen molar-refractivity contribution >= 4 is 15.7 Å². The summed E-state index contributed by atoms with van der Waals surface area (Å²) < 4.78 is 33.6. The van der Waals surface area contributed by atoms with Gasteiger partial charge in [-0.2, -0.15) is 0 Å². The Hall–Kier alpha value is -2.49. The van der Waals surface area contributed by atoms with E-state index >= 15 is 0 Å². The number of allylic oxidation sites excluding steroid dienone is 1. The van der Waals surface area contributed by atoms with Gasteiger partial charge in [0.1, 0.15) is 0 Å². The Morgan fingerprint density at radius 2 is 1.89 bits per heavy atom. The summed E-state index contributed by atoms with van der Waals surface area (Å²) in [5.41, 5.74) is 1.43. The predicted molar refractivity (Wildman–Crippen MR) is 134 cm³/mol. The first-order chi connectivity index (χ1) is 17.0. The second kappa shape index (κ2) is 12.0. The summed E-state index contributed by atoms with van der Waals surface area (Å²) in [6.45, 7) is 8.99. The lowest BCUT2D eigenvalue weighted by Gasteiger charge is -2.31. The minimum atomic E-state index is -3.67. The van der Waals surface area contributed by atoms with Crippen molar-refractivity contribution in [3.05, 3.63) is 60.4 Å². The number of hydrogen-bond acceptors (Lipinski definition) is 6. The van der Waals surface area contributed by atoms with Crippen molar-refractivity contribution in [2.45, 2.75) is 49.7 Å². The second-order valence-electron chi connectivity index (χ2n) is 9.37. The van der Waals surface area contributed by atoms with Crippen molar-refractivity contribution in [2.75, 3.05) is 39.4 Å². The van der Waals surface area contributed by atoms with E-state index in [2.05, 4.69) is 16.5 Å². The molecule has 1 aliphatic heterocycles. The molecule has 0 bridgehead atoms. The summed E-state index contributed by atoms with van der Waals surface area (Å²) in [6, 6.07) is 9.11. The molecule has 0 atom stereocenters. The molecule has 0 spiro atoms. The third kappa shape index (κ3) is 6.59. The zero-order chi connectivity index (χ0) is 24.7. The minimum absolute atomic E-state index is 0.0256. The molecule has 190 valence electrons. The van der Waals surface area contributed by atoms with Crippen molar-refractivity contribution in [3.8, 4) is 0 Å². The summed E-state index contributed by atoms with van der Waals surface area (Å²) in [5.74, 6) is 0.0935. The fourth-order valence-electron chi connectivity index (χ4n) is 4.93. The molecule has 1 saturated heterocycles. The van der Waals surface area contributed by atoms with Crippen LogP contribution in [-0.4, -0.2) is 73.1 Å². The number of ether oxygens (including phenoxy) is 1. The van der Waals surface area contributed by atoms with Gasteiger partial charge >= 0.3 is 0 Å². The first kappa shape index (κ1) is 25.6. The molecule has 1 aliphatic carbocycles. The van der Waals surface area contributed by atoms with Crippen LogP contribution in [0.15, 0.2) is 54.3 Å². The summed E-state index contributed by atoms with van der Waals surface area (Å²) in [7, 11) is -3.67. The molecule has 1 aromatic heterocycles. The number of carbonyl (C=O) groups excluding carboxylic acids is 1. The lowest BCUT2D eigenvalue weighted by molar-refractivity contribution is -0.136. The number of benzene rings is 1. The van der Waals surface area contributed by atoms with Crippen molar-refractivity contribution in [1.82, 2.24) is 19.4 Å². The number of morpholine rings is 1. The van der Waals surface area contributed by atoms with Crippen LogP contribution in [0.4, 0.5) is 0 Å². The van der Waals surface area contributed by atoms with Crippen LogP contribution in [0.1, 0.15) is 36.9 Å². The molecule has 1 amide bonds. The fourth-order valence-corrected chi connectivity index (χ4v) is 6.43. The van der Waals surface area contributed by atoms with E-state index in [1.807, 2.05) is 23.1 Å². The average molecular weight is 501 g/mol. The molecule has 2 fully saturated rings. The van der Waals surface area contributed by atoms with Gasteiger partial charge in [-0.3, -0.25) is 9.69 Å². The highest BCUT2D eigenvalue weighted by atomic mass is 32.2. The topological polar surface area (TPSA) is 84.7 Å². The Labute approximate surface area is 208 Å². The number of imidazole rings is 1. The van der Waals surface area contributed by atoms with Crippen LogP contribution in [0.3, 0.4) is 0 Å². The Bertz CT molecular complexity index is 1090. The maximum atomic E-state index is 13.5. The molecule has 1 saturated carbocycles. The highest BCUT2D eigenvalue weighted by molar-refractivity contribution is 7.90. The smallest absolute Gasteiger partial charge is 0.228 e. The molecule has 35 heavy (non-hydrogen) atoms. The Kier molecular flexibility index (Phi) is 8.75. The van der Waals surface area contributed by atoms with Gasteiger partial charge in [0.15, 0.2) is 0 Å². The van der Waals surface area contributed by atoms with Gasteiger partial charge in [0, 0.05) is 38.6 Å². The van der Waals surface area contributed by atoms with Gasteiger partial charge in [0.05, 0.1) is 37.4 Å². The van der Waals surface area contributed by atoms with Gasteiger partial charge in [-0.25, -0.2) is 13.4 Å². The average Bonchev–Trinajstić information content (AvgIpc) is 3.54. The highest BCUT2D eigenvalue weighted by Gasteiger charge is 2.30. The lowest BCUT2D eigenvalue weighted by Crippen LogP contribution is -2.44. The number of sulfone groups is 1. The summed E-state index contributed by atoms with van der Waals surface area (Å²) in [4.78, 5) is 22.0. The molecule has 2 aromatic rings. The number of aromatic nitrogens is 2. The number of carbonyl (C=O) groups is 1. The highest BCUT2D eigenvalue weighted by Crippen LogP contribution is 2.27. The van der Waals surface area contributed by atoms with E-state index in [4.69, 9.17) is 4.74 Å². The Morgan fingerprint density at radius 1 is 1.17 bits per heavy atom. The normalized spacial score (nSPS) is 17.5. The molecule has 8 nitrogen and oxygen atoms in total. The SMILES string of the molecule is C=CCn1c(CN(CCN2CCOCC2)C(=O)C2CCCC2)cnc1S(=O)(=O)Cc1ccccc1. The monoisotopic (exact) mass is 500 g/mol. The maximum Gasteiger partial charge on any atom is 0.228 e. The quantitative estimate of drug-likeness (QED) is 0.441. The zero-order valence-electron chi connectivity index (χ0n) is 20.3. The molecule has 9 heteroatoms. The van der Waals surface area contributed by atoms with Gasteiger partial charge in [-0.1, -0.05) is 49.2 Å². The van der Waals surface area contributed by atoms with E-state index in [0.29, 0.717) is 44.1 Å². The van der Waals surface area contributed by atoms with Gasteiger partial charge < -0.3 is 14.2 Å². The van der Waals surface area contributed by atoms with E-state index in [1.54, 1.807) is 29.0 Å². The van der Waals surface area contributed by atoms with Crippen LogP contribution < -0.4 is 0 Å². The van der Waals surface area contributed by atoms with Gasteiger partial charge in [0.2, 0.25) is 20.9 Å². The first-order valence-electron chi connectivity index (χ1n) is 12.5. The number of nitrogens with zero attached hydrogens (tertiary/aromatic N) is 4. The summed E-state index contributed by atoms with van der Waals surface area (Å²) in [5, 5.41) is 0.0256. The summed E-state index contributed by atoms with van der Waals surface area (Å²) >= 11 is 0. The molecule has 2 aliphatic rings. The van der Waals surface area contributed by atoms with Crippen molar-refractivity contribution in [3.63, 3.8) is 0 Å². The van der Waals surface area contributed by atoms with Crippen LogP contribution >= 0.6 is 0 Å². The predicted octanol–water partition coefficient (Wildman–Crippen LogP) is 2.89. The van der Waals surface area contributed by atoms with Crippen LogP contribution in [0.2, 0.25) is 0 Å². The van der Waals surface area contributed by atoms with Crippen molar-refractivity contribution in [1.29, 1.82) is 0 Å². The molecule has 0 radical (unpaired) electrons. The van der Waals surface area contributed by atoms with E-state index in [1.165, 1.54) is 0 Å². The van der Waals surface area contributed by atoms with Gasteiger partial charge in [0.25, 0.3) is 0 Å². The van der Waals surface area contributed by atoms with E-state index in [-0.39, 0.29) is 22.7 Å². The molecule has 2 heterocycles. The lowest BCUT2D eigenvalue weighted by atomic mass is 10.1. The zero-order valence-corrected chi connectivity index (χ0v) is 21.2. The standard InChI is InChI=1S/C26H36N4O4S/c1-2-12-30-24(19-27-26(30)35(32,33)21-22-8-4-3-5-9-22)20-29(25(31)23-10-6-7-11-23)14-13-28-15-17-34-18-16-28/h2-5,8-9,19,23H,1,6-7,10-18,20-21H2. The van der Waals surface area contributed by atoms with Crippen LogP contribution in [0.5, 0.6) is 0 Å². The van der Waals surface area contributed by atoms with E-state index in [9.17, 15) is 13.2 Å². The third-order valence-corrected chi connectivity index (χ3v) is 8.45. The number of rotatable bonds is 11. The first-order valence-corrected chi connectivity index (χ1v) is 14.1. The van der Waals surface area contributed by atoms with E-state index < -0.39 is 9.84 Å². The largest absolute Gasteiger partial charge is 0.379 e. The van der Waals surface area contributed by atoms with Gasteiger partial charge in [-0.15, -0.1) is 6.58 Å². The Morgan fingerprint density at radius 3 is 2.57 bits per heavy atom. The van der Waals surface area contributed by atoms with E-state index in [0.717, 1.165) is 45.3 Å². The molecule has 1 aromatic carbocycles. The van der Waals surface area contributed by atoms with Crippen molar-refractivity contribution < 1.29 is 17.9 Å². The Balaban J connectivity index is 1.55. The van der Waals surface area contributed by atoms with Crippen LogP contribution in [0.25, 0.3) is 0 Å². The molecule has 0 unspecified atom stereocenters. The summed E-state index contributed by atoms with van der Waals surface area (Å²) in [6.07, 6.45) is 7.30. The third-order valence-electron chi connectivity index (χ3n) is 6.85. The number of amides is 1. The van der Waals surface area contributed by atoms with Crippen LogP contribution in [-0.2, 0) is 38.2 Å². The molecular weight excluding hydrogens is 464 g/mol. The maximum absolute atomic E-state index is 13.5. The van der Waals surface area contributed by atoms with Crippen LogP contribution in [0, 0.1) is 5.92 Å². The molecule has 0 N–H and O–H groups in total.